The highest BCUT2D eigenvalue weighted by Crippen LogP contribution is 2.32. The molecule has 3 rings (SSSR count). The number of anilines is 1. The fourth-order valence-corrected chi connectivity index (χ4v) is 2.62. The highest BCUT2D eigenvalue weighted by Gasteiger charge is 2.30. The molecule has 2 aromatic rings. The van der Waals surface area contributed by atoms with Crippen molar-refractivity contribution in [1.29, 1.82) is 0 Å². The Bertz CT molecular complexity index is 646. The molecule has 1 aliphatic rings. The molecule has 1 amide bonds. The van der Waals surface area contributed by atoms with Crippen LogP contribution in [0.1, 0.15) is 17.2 Å². The summed E-state index contributed by atoms with van der Waals surface area (Å²) in [6.07, 6.45) is 2.67. The number of aliphatic hydroxyl groups is 1. The topological polar surface area (TPSA) is 53.4 Å². The van der Waals surface area contributed by atoms with E-state index in [-0.39, 0.29) is 5.91 Å². The molecular weight excluding hydrogens is 276 g/mol. The highest BCUT2D eigenvalue weighted by molar-refractivity contribution is 6.30. The van der Waals surface area contributed by atoms with Gasteiger partial charge in [-0.05, 0) is 36.2 Å². The Morgan fingerprint density at radius 3 is 3.00 bits per heavy atom. The molecule has 1 N–H and O–H groups in total. The second-order valence-corrected chi connectivity index (χ2v) is 5.14. The zero-order valence-corrected chi connectivity index (χ0v) is 11.4. The van der Waals surface area contributed by atoms with Gasteiger partial charge < -0.3 is 10.0 Å². The van der Waals surface area contributed by atoms with Crippen LogP contribution in [0.5, 0.6) is 0 Å². The number of halogens is 1. The van der Waals surface area contributed by atoms with Gasteiger partial charge >= 0.3 is 0 Å². The van der Waals surface area contributed by atoms with Crippen molar-refractivity contribution in [3.63, 3.8) is 0 Å². The zero-order chi connectivity index (χ0) is 14.1. The van der Waals surface area contributed by atoms with Gasteiger partial charge in [-0.25, -0.2) is 0 Å². The smallest absolute Gasteiger partial charge is 0.260 e. The van der Waals surface area contributed by atoms with E-state index in [0.717, 1.165) is 17.7 Å². The van der Waals surface area contributed by atoms with E-state index in [1.807, 2.05) is 12.1 Å². The number of amides is 1. The first-order valence-corrected chi connectivity index (χ1v) is 6.72. The molecule has 0 fully saturated rings. The fourth-order valence-electron chi connectivity index (χ4n) is 2.43. The number of hydrogen-bond donors (Lipinski definition) is 1. The molecule has 1 unspecified atom stereocenters. The third kappa shape index (κ3) is 2.28. The van der Waals surface area contributed by atoms with E-state index in [4.69, 9.17) is 11.6 Å². The van der Waals surface area contributed by atoms with E-state index >= 15 is 0 Å². The quantitative estimate of drug-likeness (QED) is 0.923. The van der Waals surface area contributed by atoms with Crippen molar-refractivity contribution in [2.75, 3.05) is 11.4 Å². The maximum Gasteiger partial charge on any atom is 0.260 e. The van der Waals surface area contributed by atoms with E-state index < -0.39 is 6.10 Å². The van der Waals surface area contributed by atoms with Gasteiger partial charge in [-0.2, -0.15) is 0 Å². The lowest BCUT2D eigenvalue weighted by atomic mass is 10.1. The van der Waals surface area contributed by atoms with Crippen LogP contribution in [0.15, 0.2) is 42.7 Å². The third-order valence-corrected chi connectivity index (χ3v) is 3.67. The average molecular weight is 289 g/mol. The Morgan fingerprint density at radius 2 is 2.25 bits per heavy atom. The number of nitrogens with zero attached hydrogens (tertiary/aromatic N) is 2. The lowest BCUT2D eigenvalue weighted by Crippen LogP contribution is -2.33. The molecule has 1 atom stereocenters. The molecular formula is C15H13ClN2O2. The van der Waals surface area contributed by atoms with E-state index in [1.165, 1.54) is 6.20 Å². The Morgan fingerprint density at radius 1 is 1.40 bits per heavy atom. The summed E-state index contributed by atoms with van der Waals surface area (Å²) >= 11 is 5.95. The summed E-state index contributed by atoms with van der Waals surface area (Å²) in [5, 5.41) is 10.8. The summed E-state index contributed by atoms with van der Waals surface area (Å²) in [6.45, 7) is 0.561. The minimum atomic E-state index is -1.19. The van der Waals surface area contributed by atoms with Gasteiger partial charge in [0.1, 0.15) is 0 Å². The van der Waals surface area contributed by atoms with Crippen molar-refractivity contribution in [2.24, 2.45) is 0 Å². The van der Waals surface area contributed by atoms with Crippen LogP contribution >= 0.6 is 11.6 Å². The van der Waals surface area contributed by atoms with Gasteiger partial charge in [0.2, 0.25) is 0 Å². The Balaban J connectivity index is 1.87. The highest BCUT2D eigenvalue weighted by atomic mass is 35.5. The number of benzene rings is 1. The predicted molar refractivity (Wildman–Crippen MR) is 76.7 cm³/mol. The largest absolute Gasteiger partial charge is 0.378 e. The van der Waals surface area contributed by atoms with Crippen LogP contribution in [0.4, 0.5) is 5.69 Å². The monoisotopic (exact) mass is 288 g/mol. The summed E-state index contributed by atoms with van der Waals surface area (Å²) in [6, 6.07) is 8.82. The molecule has 1 aromatic heterocycles. The van der Waals surface area contributed by atoms with Crippen molar-refractivity contribution in [1.82, 2.24) is 4.98 Å². The Hall–Kier alpha value is -1.91. The van der Waals surface area contributed by atoms with Crippen LogP contribution in [-0.4, -0.2) is 22.5 Å². The molecule has 0 saturated heterocycles. The summed E-state index contributed by atoms with van der Waals surface area (Å²) in [4.78, 5) is 17.9. The van der Waals surface area contributed by atoms with E-state index in [2.05, 4.69) is 4.98 Å². The average Bonchev–Trinajstić information content (AvgIpc) is 2.89. The number of aliphatic hydroxyl groups excluding tert-OH is 1. The van der Waals surface area contributed by atoms with Gasteiger partial charge in [0.25, 0.3) is 5.91 Å². The second-order valence-electron chi connectivity index (χ2n) is 4.70. The lowest BCUT2D eigenvalue weighted by molar-refractivity contribution is -0.126. The Kier molecular flexibility index (Phi) is 3.42. The number of carbonyl (C=O) groups excluding carboxylic acids is 1. The SMILES string of the molecule is O=C(C(O)c1cccnc1)N1CCc2cc(Cl)ccc21. The van der Waals surface area contributed by atoms with Crippen LogP contribution in [0.2, 0.25) is 5.02 Å². The molecule has 0 spiro atoms. The number of fused-ring (bicyclic) bond motifs is 1. The fraction of sp³-hybridized carbons (Fsp3) is 0.200. The maximum absolute atomic E-state index is 12.4. The first kappa shape index (κ1) is 13.1. The van der Waals surface area contributed by atoms with Crippen LogP contribution in [-0.2, 0) is 11.2 Å². The van der Waals surface area contributed by atoms with Gasteiger partial charge in [-0.3, -0.25) is 9.78 Å². The van der Waals surface area contributed by atoms with Gasteiger partial charge in [0, 0.05) is 35.2 Å². The van der Waals surface area contributed by atoms with Crippen molar-refractivity contribution < 1.29 is 9.90 Å². The summed E-state index contributed by atoms with van der Waals surface area (Å²) in [5.74, 6) is -0.334. The summed E-state index contributed by atoms with van der Waals surface area (Å²) in [5.41, 5.74) is 2.35. The molecule has 0 saturated carbocycles. The minimum Gasteiger partial charge on any atom is -0.378 e. The van der Waals surface area contributed by atoms with Crippen LogP contribution in [0.3, 0.4) is 0 Å². The number of carbonyl (C=O) groups is 1. The van der Waals surface area contributed by atoms with Gasteiger partial charge in [0.05, 0.1) is 0 Å². The van der Waals surface area contributed by atoms with Crippen molar-refractivity contribution >= 4 is 23.2 Å². The first-order valence-electron chi connectivity index (χ1n) is 6.34. The van der Waals surface area contributed by atoms with Crippen molar-refractivity contribution in [3.8, 4) is 0 Å². The van der Waals surface area contributed by atoms with E-state index in [9.17, 15) is 9.90 Å². The molecule has 2 heterocycles. The minimum absolute atomic E-state index is 0.334. The third-order valence-electron chi connectivity index (χ3n) is 3.44. The van der Waals surface area contributed by atoms with Gasteiger partial charge in [0.15, 0.2) is 6.10 Å². The lowest BCUT2D eigenvalue weighted by Gasteiger charge is -2.21. The van der Waals surface area contributed by atoms with E-state index in [1.54, 1.807) is 29.3 Å². The van der Waals surface area contributed by atoms with Crippen molar-refractivity contribution in [2.45, 2.75) is 12.5 Å². The molecule has 1 aromatic carbocycles. The number of hydrogen-bond acceptors (Lipinski definition) is 3. The summed E-state index contributed by atoms with van der Waals surface area (Å²) < 4.78 is 0. The molecule has 0 bridgehead atoms. The first-order chi connectivity index (χ1) is 9.66. The van der Waals surface area contributed by atoms with Gasteiger partial charge in [-0.1, -0.05) is 17.7 Å². The van der Waals surface area contributed by atoms with Crippen LogP contribution < -0.4 is 4.90 Å². The van der Waals surface area contributed by atoms with Crippen molar-refractivity contribution in [3.05, 3.63) is 58.9 Å². The zero-order valence-electron chi connectivity index (χ0n) is 10.7. The predicted octanol–water partition coefficient (Wildman–Crippen LogP) is 2.36. The van der Waals surface area contributed by atoms with Crippen LogP contribution in [0, 0.1) is 0 Å². The Labute approximate surface area is 121 Å². The normalized spacial score (nSPS) is 15.0. The van der Waals surface area contributed by atoms with Gasteiger partial charge in [-0.15, -0.1) is 0 Å². The second kappa shape index (κ2) is 5.23. The molecule has 1 aliphatic heterocycles. The molecule has 0 aliphatic carbocycles. The standard InChI is InChI=1S/C15H13ClN2O2/c16-12-3-4-13-10(8-12)5-7-18(13)15(20)14(19)11-2-1-6-17-9-11/h1-4,6,8-9,14,19H,5,7H2. The van der Waals surface area contributed by atoms with Crippen LogP contribution in [0.25, 0.3) is 0 Å². The number of pyridine rings is 1. The number of rotatable bonds is 2. The molecule has 20 heavy (non-hydrogen) atoms. The van der Waals surface area contributed by atoms with E-state index in [0.29, 0.717) is 17.1 Å². The maximum atomic E-state index is 12.4. The molecule has 4 nitrogen and oxygen atoms in total. The number of aromatic nitrogens is 1. The molecule has 5 heteroatoms. The molecule has 102 valence electrons. The molecule has 0 radical (unpaired) electrons. The summed E-state index contributed by atoms with van der Waals surface area (Å²) in [7, 11) is 0.